The smallest absolute Gasteiger partial charge is 0.262 e. The highest BCUT2D eigenvalue weighted by Gasteiger charge is 2.27. The van der Waals surface area contributed by atoms with E-state index in [1.807, 2.05) is 60.0 Å². The minimum absolute atomic E-state index is 0.0481. The number of ether oxygens (including phenoxy) is 1. The van der Waals surface area contributed by atoms with Crippen LogP contribution in [-0.2, 0) is 11.2 Å². The van der Waals surface area contributed by atoms with E-state index in [1.165, 1.54) is 11.3 Å². The Balaban J connectivity index is 1.49. The number of rotatable bonds is 10. The zero-order valence-corrected chi connectivity index (χ0v) is 20.2. The van der Waals surface area contributed by atoms with E-state index < -0.39 is 6.04 Å². The molecule has 0 saturated carbocycles. The fourth-order valence-corrected chi connectivity index (χ4v) is 5.00. The van der Waals surface area contributed by atoms with Crippen molar-refractivity contribution in [3.63, 3.8) is 0 Å². The highest BCUT2D eigenvalue weighted by atomic mass is 32.1. The van der Waals surface area contributed by atoms with E-state index in [1.54, 1.807) is 13.2 Å². The van der Waals surface area contributed by atoms with Crippen molar-refractivity contribution in [2.24, 2.45) is 0 Å². The van der Waals surface area contributed by atoms with E-state index in [0.29, 0.717) is 17.8 Å². The molecule has 6 nitrogen and oxygen atoms in total. The third-order valence-electron chi connectivity index (χ3n) is 6.18. The number of amides is 2. The van der Waals surface area contributed by atoms with Crippen molar-refractivity contribution in [1.29, 1.82) is 0 Å². The van der Waals surface area contributed by atoms with Gasteiger partial charge in [0.25, 0.3) is 5.91 Å². The van der Waals surface area contributed by atoms with Crippen LogP contribution in [0.2, 0.25) is 0 Å². The van der Waals surface area contributed by atoms with E-state index in [4.69, 9.17) is 4.74 Å². The van der Waals surface area contributed by atoms with Gasteiger partial charge < -0.3 is 15.4 Å². The van der Waals surface area contributed by atoms with Crippen molar-refractivity contribution in [3.8, 4) is 5.75 Å². The zero-order valence-electron chi connectivity index (χ0n) is 19.4. The van der Waals surface area contributed by atoms with Gasteiger partial charge in [-0.1, -0.05) is 48.5 Å². The molecule has 0 unspecified atom stereocenters. The lowest BCUT2D eigenvalue weighted by Crippen LogP contribution is -2.49. The van der Waals surface area contributed by atoms with Gasteiger partial charge in [-0.05, 0) is 60.6 Å². The molecule has 2 heterocycles. The Morgan fingerprint density at radius 2 is 1.82 bits per heavy atom. The van der Waals surface area contributed by atoms with Gasteiger partial charge in [-0.25, -0.2) is 0 Å². The summed E-state index contributed by atoms with van der Waals surface area (Å²) in [5.74, 6) is 0.397. The summed E-state index contributed by atoms with van der Waals surface area (Å²) in [7, 11) is 1.66. The van der Waals surface area contributed by atoms with Crippen molar-refractivity contribution in [2.75, 3.05) is 26.7 Å². The molecule has 1 saturated heterocycles. The van der Waals surface area contributed by atoms with Gasteiger partial charge in [0.1, 0.15) is 11.8 Å². The highest BCUT2D eigenvalue weighted by Crippen LogP contribution is 2.27. The number of thiophene rings is 1. The van der Waals surface area contributed by atoms with E-state index in [9.17, 15) is 9.59 Å². The molecule has 1 aromatic heterocycles. The summed E-state index contributed by atoms with van der Waals surface area (Å²) in [6, 6.07) is 20.8. The molecular formula is C27H31N3O3S. The number of methoxy groups -OCH3 is 1. The van der Waals surface area contributed by atoms with E-state index >= 15 is 0 Å². The Morgan fingerprint density at radius 3 is 2.53 bits per heavy atom. The van der Waals surface area contributed by atoms with Crippen molar-refractivity contribution in [2.45, 2.75) is 31.3 Å². The predicted octanol–water partition coefficient (Wildman–Crippen LogP) is 4.05. The Labute approximate surface area is 204 Å². The molecule has 0 radical (unpaired) electrons. The Bertz CT molecular complexity index is 1070. The summed E-state index contributed by atoms with van der Waals surface area (Å²) < 4.78 is 5.42. The van der Waals surface area contributed by atoms with Crippen LogP contribution in [0, 0.1) is 0 Å². The quantitative estimate of drug-likeness (QED) is 0.462. The van der Waals surface area contributed by atoms with Crippen LogP contribution in [-0.4, -0.2) is 49.5 Å². The van der Waals surface area contributed by atoms with Crippen LogP contribution in [0.3, 0.4) is 0 Å². The molecule has 3 aromatic rings. The molecule has 2 aromatic carbocycles. The number of nitrogens with zero attached hydrogens (tertiary/aromatic N) is 1. The number of nitrogens with one attached hydrogen (secondary N) is 2. The molecule has 1 fully saturated rings. The van der Waals surface area contributed by atoms with Gasteiger partial charge in [0.2, 0.25) is 5.91 Å². The first-order valence-electron chi connectivity index (χ1n) is 11.7. The summed E-state index contributed by atoms with van der Waals surface area (Å²) in [5.41, 5.74) is 2.11. The van der Waals surface area contributed by atoms with Crippen LogP contribution >= 0.6 is 11.3 Å². The molecule has 0 spiro atoms. The highest BCUT2D eigenvalue weighted by molar-refractivity contribution is 7.12. The normalized spacial score (nSPS) is 15.4. The molecule has 1 aliphatic rings. The number of carbonyl (C=O) groups excluding carboxylic acids is 2. The van der Waals surface area contributed by atoms with Crippen molar-refractivity contribution >= 4 is 23.2 Å². The Hall–Kier alpha value is -3.16. The fourth-order valence-electron chi connectivity index (χ4n) is 4.38. The SMILES string of the molecule is COc1cccc([C@@H](CNC(=O)[C@H](Cc2ccccc2)NC(=O)c2cccs2)N2CCCC2)c1. The van der Waals surface area contributed by atoms with Gasteiger partial charge in [-0.3, -0.25) is 14.5 Å². The largest absolute Gasteiger partial charge is 0.497 e. The zero-order chi connectivity index (χ0) is 23.8. The first-order chi connectivity index (χ1) is 16.6. The molecule has 34 heavy (non-hydrogen) atoms. The molecule has 7 heteroatoms. The van der Waals surface area contributed by atoms with Crippen LogP contribution in [0.15, 0.2) is 72.1 Å². The fraction of sp³-hybridized carbons (Fsp3) is 0.333. The summed E-state index contributed by atoms with van der Waals surface area (Å²) in [6.45, 7) is 2.47. The van der Waals surface area contributed by atoms with Gasteiger partial charge >= 0.3 is 0 Å². The maximum absolute atomic E-state index is 13.4. The maximum atomic E-state index is 13.4. The average molecular weight is 478 g/mol. The lowest BCUT2D eigenvalue weighted by atomic mass is 10.0. The second kappa shape index (κ2) is 11.8. The summed E-state index contributed by atoms with van der Waals surface area (Å²) >= 11 is 1.36. The second-order valence-corrected chi connectivity index (χ2v) is 9.42. The predicted molar refractivity (Wildman–Crippen MR) is 135 cm³/mol. The molecule has 0 aliphatic carbocycles. The van der Waals surface area contributed by atoms with Gasteiger partial charge in [-0.15, -0.1) is 11.3 Å². The first kappa shape index (κ1) is 24.0. The number of benzene rings is 2. The minimum atomic E-state index is -0.665. The number of carbonyl (C=O) groups is 2. The Morgan fingerprint density at radius 1 is 1.03 bits per heavy atom. The summed E-state index contributed by atoms with van der Waals surface area (Å²) in [6.07, 6.45) is 2.74. The minimum Gasteiger partial charge on any atom is -0.497 e. The van der Waals surface area contributed by atoms with E-state index in [0.717, 1.165) is 42.8 Å². The number of hydrogen-bond donors (Lipinski definition) is 2. The molecule has 2 amide bonds. The molecule has 0 bridgehead atoms. The number of hydrogen-bond acceptors (Lipinski definition) is 5. The second-order valence-electron chi connectivity index (χ2n) is 8.47. The average Bonchev–Trinajstić information content (AvgIpc) is 3.59. The van der Waals surface area contributed by atoms with Gasteiger partial charge in [-0.2, -0.15) is 0 Å². The van der Waals surface area contributed by atoms with Gasteiger partial charge in [0, 0.05) is 13.0 Å². The summed E-state index contributed by atoms with van der Waals surface area (Å²) in [4.78, 5) is 29.1. The van der Waals surface area contributed by atoms with Crippen LogP contribution in [0.5, 0.6) is 5.75 Å². The lowest BCUT2D eigenvalue weighted by Gasteiger charge is -2.29. The van der Waals surface area contributed by atoms with Crippen molar-refractivity contribution in [3.05, 3.63) is 88.1 Å². The van der Waals surface area contributed by atoms with Crippen LogP contribution in [0.25, 0.3) is 0 Å². The van der Waals surface area contributed by atoms with Crippen molar-refractivity contribution in [1.82, 2.24) is 15.5 Å². The molecular weight excluding hydrogens is 446 g/mol. The van der Waals surface area contributed by atoms with Crippen LogP contribution in [0.4, 0.5) is 0 Å². The van der Waals surface area contributed by atoms with Crippen LogP contribution < -0.4 is 15.4 Å². The maximum Gasteiger partial charge on any atom is 0.262 e. The molecule has 2 N–H and O–H groups in total. The molecule has 4 rings (SSSR count). The summed E-state index contributed by atoms with van der Waals surface area (Å²) in [5, 5.41) is 7.94. The lowest BCUT2D eigenvalue weighted by molar-refractivity contribution is -0.123. The molecule has 2 atom stereocenters. The Kier molecular flexibility index (Phi) is 8.33. The van der Waals surface area contributed by atoms with Crippen LogP contribution in [0.1, 0.15) is 39.7 Å². The topological polar surface area (TPSA) is 70.7 Å². The molecule has 178 valence electrons. The third kappa shape index (κ3) is 6.24. The monoisotopic (exact) mass is 477 g/mol. The van der Waals surface area contributed by atoms with Gasteiger partial charge in [0.05, 0.1) is 18.0 Å². The van der Waals surface area contributed by atoms with E-state index in [-0.39, 0.29) is 17.9 Å². The standard InChI is InChI=1S/C27H31N3O3S/c1-33-22-12-7-11-21(18-22)24(30-14-5-6-15-30)19-28-26(31)23(17-20-9-3-2-4-10-20)29-27(32)25-13-8-16-34-25/h2-4,7-13,16,18,23-24H,5-6,14-15,17,19H2,1H3,(H,28,31)(H,29,32)/t23-,24+/m0/s1. The van der Waals surface area contributed by atoms with E-state index in [2.05, 4.69) is 21.6 Å². The first-order valence-corrected chi connectivity index (χ1v) is 12.6. The third-order valence-corrected chi connectivity index (χ3v) is 7.05. The number of likely N-dealkylation sites (tertiary alicyclic amines) is 1. The molecule has 1 aliphatic heterocycles. The van der Waals surface area contributed by atoms with Gasteiger partial charge in [0.15, 0.2) is 0 Å². The van der Waals surface area contributed by atoms with Crippen molar-refractivity contribution < 1.29 is 14.3 Å².